The number of hydrogen-bond donors (Lipinski definition) is 10. The average Bonchev–Trinajstić information content (AvgIpc) is 1.25. The first kappa shape index (κ1) is 86.6. The number of halogens is 2. The number of aliphatic hydroxyl groups excluding tert-OH is 6. The molecule has 36 heteroatoms. The summed E-state index contributed by atoms with van der Waals surface area (Å²) in [4.78, 5) is 90.2. The summed E-state index contributed by atoms with van der Waals surface area (Å²) in [6.45, 7) is -4.50. The molecule has 1 unspecified atom stereocenters. The van der Waals surface area contributed by atoms with Crippen LogP contribution in [0.3, 0.4) is 0 Å². The molecule has 11 rings (SSSR count). The molecule has 4 aliphatic heterocycles. The Morgan fingerprint density at radius 1 is 0.569 bits per heavy atom. The largest absolute Gasteiger partial charge is 0.445 e. The highest BCUT2D eigenvalue weighted by molar-refractivity contribution is 5.82. The summed E-state index contributed by atoms with van der Waals surface area (Å²) < 4.78 is 113. The standard InChI is InChI=1S/C80H95F2N9O25/c1-2-3-36-104-69(80(81,82)47-84-89-83)70(98)85-54-37-55(86-75(99)105-42-48-22-10-4-11-23-48)65(114-72-56(87-76(100)106-43-49-24-12-5-13-25-49)38-57(94)58(110-72)39-90(34-35-92)78(102)108-45-51-28-16-7-17-29-51)68(62(54)95)116-74-64(97)67(60(41-93)112-74)115-73-61(88-77(101)107-44-50-26-14-6-15-27-50)63(96)66-59(111-73)40-91(71(113-66)53-32-20-9-21-33-53)79(103)109-46-52-30-18-8-19-31-52/h4-33,54-69,71-74,92-97H,2-3,34-47H2,1H3,(H,85,98)(H,86,99)(H,87,100)(H,88,101)/t54-,55+,56-,57+,58-,59+,60-,61-,62+,63-,64-,65-,66-,67-,68-,69-,71?,72-,73-,74+/m1/s1. The fourth-order valence-corrected chi connectivity index (χ4v) is 13.9. The third-order valence-electron chi connectivity index (χ3n) is 19.9. The van der Waals surface area contributed by atoms with Gasteiger partial charge in [0.25, 0.3) is 11.8 Å². The molecule has 0 radical (unpaired) electrons. The van der Waals surface area contributed by atoms with E-state index in [1.54, 1.807) is 189 Å². The van der Waals surface area contributed by atoms with Gasteiger partial charge in [-0.25, -0.2) is 32.8 Å². The van der Waals surface area contributed by atoms with Crippen molar-refractivity contribution in [1.82, 2.24) is 31.1 Å². The molecular weight excluding hydrogens is 1520 g/mol. The minimum atomic E-state index is -4.21. The van der Waals surface area contributed by atoms with E-state index in [1.165, 1.54) is 4.90 Å². The van der Waals surface area contributed by atoms with Crippen molar-refractivity contribution in [2.75, 3.05) is 46.0 Å². The first-order chi connectivity index (χ1) is 56.2. The number of unbranched alkanes of at least 4 members (excludes halogenated alkanes) is 1. The summed E-state index contributed by atoms with van der Waals surface area (Å²) in [7, 11) is 0. The fourth-order valence-electron chi connectivity index (χ4n) is 13.9. The maximum atomic E-state index is 16.3. The molecule has 5 aliphatic rings. The first-order valence-electron chi connectivity index (χ1n) is 37.9. The van der Waals surface area contributed by atoms with Crippen molar-refractivity contribution in [3.05, 3.63) is 226 Å². The molecule has 5 fully saturated rings. The summed E-state index contributed by atoms with van der Waals surface area (Å²) in [5, 5.41) is 85.6. The number of carbonyl (C=O) groups excluding carboxylic acids is 6. The molecule has 4 saturated heterocycles. The van der Waals surface area contributed by atoms with E-state index in [4.69, 9.17) is 67.1 Å². The van der Waals surface area contributed by atoms with Crippen LogP contribution in [0.25, 0.3) is 10.4 Å². The number of hydrogen-bond acceptors (Lipinski definition) is 26. The topological polar surface area (TPSA) is 447 Å². The van der Waals surface area contributed by atoms with E-state index < -0.39 is 211 Å². The number of ether oxygens (including phenoxy) is 13. The molecule has 34 nitrogen and oxygen atoms in total. The number of benzene rings is 6. The number of nitrogens with one attached hydrogen (secondary N) is 4. The van der Waals surface area contributed by atoms with Gasteiger partial charge in [-0.3, -0.25) is 9.69 Å². The minimum absolute atomic E-state index is 0.168. The molecule has 624 valence electrons. The zero-order valence-corrected chi connectivity index (χ0v) is 63.1. The van der Waals surface area contributed by atoms with Crippen LogP contribution in [0.1, 0.15) is 72.2 Å². The molecule has 1 aliphatic carbocycles. The smallest absolute Gasteiger partial charge is 0.412 e. The molecule has 116 heavy (non-hydrogen) atoms. The van der Waals surface area contributed by atoms with E-state index in [-0.39, 0.29) is 52.5 Å². The second-order valence-electron chi connectivity index (χ2n) is 28.1. The fraction of sp³-hybridized carbons (Fsp3) is 0.475. The van der Waals surface area contributed by atoms with Crippen LogP contribution in [-0.2, 0) is 99.4 Å². The van der Waals surface area contributed by atoms with E-state index in [0.717, 1.165) is 4.90 Å². The van der Waals surface area contributed by atoms with Gasteiger partial charge in [0.15, 0.2) is 31.2 Å². The third kappa shape index (κ3) is 23.5. The van der Waals surface area contributed by atoms with Crippen LogP contribution < -0.4 is 21.3 Å². The van der Waals surface area contributed by atoms with Gasteiger partial charge >= 0.3 is 30.5 Å². The van der Waals surface area contributed by atoms with Gasteiger partial charge in [-0.1, -0.05) is 200 Å². The molecule has 0 bridgehead atoms. The van der Waals surface area contributed by atoms with E-state index >= 15 is 8.78 Å². The van der Waals surface area contributed by atoms with Crippen molar-refractivity contribution >= 4 is 36.4 Å². The molecule has 6 amide bonds. The van der Waals surface area contributed by atoms with Crippen LogP contribution in [0.15, 0.2) is 187 Å². The first-order valence-corrected chi connectivity index (χ1v) is 37.9. The number of alkyl carbamates (subject to hydrolysis) is 3. The Bertz CT molecular complexity index is 4130. The minimum Gasteiger partial charge on any atom is -0.445 e. The molecular formula is C80H95F2N9O25. The second-order valence-corrected chi connectivity index (χ2v) is 28.1. The van der Waals surface area contributed by atoms with Gasteiger partial charge < -0.3 is 118 Å². The zero-order chi connectivity index (χ0) is 82.1. The molecule has 1 saturated carbocycles. The summed E-state index contributed by atoms with van der Waals surface area (Å²) in [6.07, 6.45) is -35.8. The Hall–Kier alpha value is -10.2. The predicted octanol–water partition coefficient (Wildman–Crippen LogP) is 6.41. The normalized spacial score (nSPS) is 27.2. The Balaban J connectivity index is 0.953. The number of amides is 6. The number of rotatable bonds is 34. The van der Waals surface area contributed by atoms with E-state index in [9.17, 15) is 59.4 Å². The maximum Gasteiger partial charge on any atom is 0.412 e. The number of alkyl halides is 2. The number of azide groups is 1. The Labute approximate surface area is 665 Å². The van der Waals surface area contributed by atoms with Crippen LogP contribution >= 0.6 is 0 Å². The third-order valence-corrected chi connectivity index (χ3v) is 19.9. The van der Waals surface area contributed by atoms with Crippen molar-refractivity contribution in [1.29, 1.82) is 0 Å². The molecule has 0 aromatic heterocycles. The van der Waals surface area contributed by atoms with Gasteiger partial charge in [0, 0.05) is 30.0 Å². The summed E-state index contributed by atoms with van der Waals surface area (Å²) in [5.41, 5.74) is 12.5. The SMILES string of the molecule is CCCCO[C@H](C(=O)N[C@@H]1C[C@H](NC(=O)OCc2ccccc2)[C@@H](O[C@H]2O[C@H](CN(CCO)C(=O)OCc3ccccc3)[C@@H](O)C[C@H]2NC(=O)OCc2ccccc2)[C@H](O[C@@H]2O[C@H](CO)[C@@H](O[C@H]3O[C@H]4CN(C(=O)OCc5ccccc5)C(c5ccccc5)O[C@H]4[C@H](O)[C@H]3NC(=O)OCc3ccccc3)[C@H]2O)[C@H]1O)C(F)(F)CN=[N+]=[N-]. The predicted molar refractivity (Wildman–Crippen MR) is 400 cm³/mol. The van der Waals surface area contributed by atoms with Crippen LogP contribution in [0, 0.1) is 0 Å². The van der Waals surface area contributed by atoms with Gasteiger partial charge in [0.1, 0.15) is 100 Å². The van der Waals surface area contributed by atoms with Crippen molar-refractivity contribution < 1.29 is 130 Å². The molecule has 6 aromatic carbocycles. The van der Waals surface area contributed by atoms with Gasteiger partial charge in [0.2, 0.25) is 0 Å². The van der Waals surface area contributed by atoms with Crippen molar-refractivity contribution in [2.45, 2.75) is 194 Å². The van der Waals surface area contributed by atoms with E-state index in [2.05, 4.69) is 31.3 Å². The highest BCUT2D eigenvalue weighted by Crippen LogP contribution is 2.41. The molecule has 0 spiro atoms. The molecule has 10 N–H and O–H groups in total. The lowest BCUT2D eigenvalue weighted by Gasteiger charge is -2.51. The van der Waals surface area contributed by atoms with E-state index in [0.29, 0.717) is 39.8 Å². The average molecular weight is 1620 g/mol. The molecule has 20 atom stereocenters. The number of carbonyl (C=O) groups is 6. The summed E-state index contributed by atoms with van der Waals surface area (Å²) >= 11 is 0. The zero-order valence-electron chi connectivity index (χ0n) is 63.1. The monoisotopic (exact) mass is 1620 g/mol. The Morgan fingerprint density at radius 3 is 1.60 bits per heavy atom. The lowest BCUT2D eigenvalue weighted by atomic mass is 9.83. The second kappa shape index (κ2) is 42.6. The van der Waals surface area contributed by atoms with Crippen LogP contribution in [0.4, 0.5) is 32.8 Å². The number of fused-ring (bicyclic) bond motifs is 1. The van der Waals surface area contributed by atoms with Crippen molar-refractivity contribution in [2.24, 2.45) is 5.11 Å². The van der Waals surface area contributed by atoms with Crippen molar-refractivity contribution in [3.63, 3.8) is 0 Å². The van der Waals surface area contributed by atoms with Crippen LogP contribution in [-0.4, -0.2) is 245 Å². The highest BCUT2D eigenvalue weighted by Gasteiger charge is 2.59. The summed E-state index contributed by atoms with van der Waals surface area (Å²) in [5.74, 6) is -5.79. The van der Waals surface area contributed by atoms with E-state index in [1.807, 2.05) is 0 Å². The van der Waals surface area contributed by atoms with Crippen LogP contribution in [0.5, 0.6) is 0 Å². The Kier molecular flexibility index (Phi) is 31.8. The van der Waals surface area contributed by atoms with Gasteiger partial charge in [-0.2, -0.15) is 0 Å². The lowest BCUT2D eigenvalue weighted by molar-refractivity contribution is -0.323. The maximum absolute atomic E-state index is 16.3. The number of nitrogens with zero attached hydrogens (tertiary/aromatic N) is 5. The highest BCUT2D eigenvalue weighted by atomic mass is 19.3. The van der Waals surface area contributed by atoms with Crippen LogP contribution in [0.2, 0.25) is 0 Å². The van der Waals surface area contributed by atoms with Gasteiger partial charge in [-0.05, 0) is 46.2 Å². The summed E-state index contributed by atoms with van der Waals surface area (Å²) in [6, 6.07) is 44.5. The lowest BCUT2D eigenvalue weighted by Crippen LogP contribution is -2.69. The van der Waals surface area contributed by atoms with Gasteiger partial charge in [0.05, 0.1) is 57.1 Å². The van der Waals surface area contributed by atoms with Gasteiger partial charge in [-0.15, -0.1) is 0 Å². The number of aliphatic hydroxyl groups is 6. The Morgan fingerprint density at radius 2 is 1.07 bits per heavy atom. The van der Waals surface area contributed by atoms with Crippen molar-refractivity contribution in [3.8, 4) is 0 Å². The molecule has 6 aromatic rings. The molecule has 4 heterocycles. The quantitative estimate of drug-likeness (QED) is 0.00685.